The summed E-state index contributed by atoms with van der Waals surface area (Å²) >= 11 is 0. The highest BCUT2D eigenvalue weighted by Crippen LogP contribution is 2.30. The van der Waals surface area contributed by atoms with Gasteiger partial charge in [0.2, 0.25) is 0 Å². The van der Waals surface area contributed by atoms with E-state index < -0.39 is 0 Å². The third-order valence-corrected chi connectivity index (χ3v) is 6.08. The highest BCUT2D eigenvalue weighted by molar-refractivity contribution is 5.43. The summed E-state index contributed by atoms with van der Waals surface area (Å²) in [7, 11) is 0. The van der Waals surface area contributed by atoms with Crippen LogP contribution in [0.15, 0.2) is 48.9 Å². The number of hydrogen-bond acceptors (Lipinski definition) is 4. The Morgan fingerprint density at radius 2 is 1.93 bits per heavy atom. The van der Waals surface area contributed by atoms with Crippen LogP contribution in [-0.4, -0.2) is 32.6 Å². The van der Waals surface area contributed by atoms with Crippen LogP contribution in [0.5, 0.6) is 0 Å². The second-order valence-electron chi connectivity index (χ2n) is 8.00. The molecule has 0 N–H and O–H groups in total. The summed E-state index contributed by atoms with van der Waals surface area (Å²) in [5.41, 5.74) is 3.85. The summed E-state index contributed by atoms with van der Waals surface area (Å²) in [6.07, 6.45) is 13.1. The van der Waals surface area contributed by atoms with Crippen molar-refractivity contribution >= 4 is 5.82 Å². The first-order valence-electron chi connectivity index (χ1n) is 10.5. The highest BCUT2D eigenvalue weighted by atomic mass is 15.2. The number of aryl methyl sites for hydroxylation is 2. The molecule has 3 aromatic heterocycles. The number of anilines is 1. The van der Waals surface area contributed by atoms with Gasteiger partial charge >= 0.3 is 0 Å². The van der Waals surface area contributed by atoms with E-state index in [9.17, 15) is 0 Å². The lowest BCUT2D eigenvalue weighted by atomic mass is 9.95. The fourth-order valence-corrected chi connectivity index (χ4v) is 4.62. The molecule has 0 radical (unpaired) electrons. The third kappa shape index (κ3) is 3.53. The fraction of sp³-hybridized carbons (Fsp3) is 0.435. The summed E-state index contributed by atoms with van der Waals surface area (Å²) in [4.78, 5) is 16.7. The van der Waals surface area contributed by atoms with E-state index in [1.54, 1.807) is 0 Å². The number of fused-ring (bicyclic) bond motifs is 1. The molecule has 0 bridgehead atoms. The van der Waals surface area contributed by atoms with Gasteiger partial charge in [0.25, 0.3) is 0 Å². The minimum absolute atomic E-state index is 0.435. The first kappa shape index (κ1) is 17.4. The number of hydrogen-bond donors (Lipinski definition) is 0. The molecule has 5 rings (SSSR count). The van der Waals surface area contributed by atoms with E-state index in [-0.39, 0.29) is 0 Å². The second-order valence-corrected chi connectivity index (χ2v) is 8.00. The third-order valence-electron chi connectivity index (χ3n) is 6.08. The van der Waals surface area contributed by atoms with Crippen molar-refractivity contribution < 1.29 is 0 Å². The van der Waals surface area contributed by atoms with Gasteiger partial charge in [-0.25, -0.2) is 9.97 Å². The molecule has 0 aromatic carbocycles. The number of nitrogens with zero attached hydrogens (tertiary/aromatic N) is 5. The van der Waals surface area contributed by atoms with Gasteiger partial charge in [-0.3, -0.25) is 4.98 Å². The van der Waals surface area contributed by atoms with Crippen LogP contribution in [0, 0.1) is 0 Å². The molecule has 0 saturated carbocycles. The number of pyridine rings is 2. The molecule has 4 heterocycles. The summed E-state index contributed by atoms with van der Waals surface area (Å²) in [6.45, 7) is 2.86. The second kappa shape index (κ2) is 7.74. The molecule has 28 heavy (non-hydrogen) atoms. The predicted molar refractivity (Wildman–Crippen MR) is 111 cm³/mol. The van der Waals surface area contributed by atoms with Gasteiger partial charge in [0.15, 0.2) is 0 Å². The molecule has 1 aliphatic carbocycles. The topological polar surface area (TPSA) is 46.8 Å². The Labute approximate surface area is 166 Å². The van der Waals surface area contributed by atoms with Crippen molar-refractivity contribution in [3.63, 3.8) is 0 Å². The maximum atomic E-state index is 5.03. The van der Waals surface area contributed by atoms with Gasteiger partial charge in [-0.05, 0) is 62.3 Å². The molecule has 0 unspecified atom stereocenters. The highest BCUT2D eigenvalue weighted by Gasteiger charge is 2.26. The van der Waals surface area contributed by atoms with E-state index in [2.05, 4.69) is 38.8 Å². The summed E-state index contributed by atoms with van der Waals surface area (Å²) < 4.78 is 2.26. The van der Waals surface area contributed by atoms with Crippen LogP contribution >= 0.6 is 0 Å². The van der Waals surface area contributed by atoms with E-state index in [0.29, 0.717) is 5.92 Å². The van der Waals surface area contributed by atoms with Gasteiger partial charge in [0.05, 0.1) is 12.2 Å². The Morgan fingerprint density at radius 1 is 0.964 bits per heavy atom. The van der Waals surface area contributed by atoms with E-state index in [4.69, 9.17) is 9.97 Å². The molecular weight excluding hydrogens is 346 g/mol. The molecule has 1 saturated heterocycles. The molecule has 1 atom stereocenters. The summed E-state index contributed by atoms with van der Waals surface area (Å²) in [6, 6.07) is 10.6. The first-order chi connectivity index (χ1) is 13.9. The van der Waals surface area contributed by atoms with Crippen LogP contribution in [0.3, 0.4) is 0 Å². The predicted octanol–water partition coefficient (Wildman–Crippen LogP) is 3.98. The number of rotatable bonds is 4. The molecule has 3 aromatic rings. The van der Waals surface area contributed by atoms with E-state index in [1.807, 2.05) is 24.5 Å². The van der Waals surface area contributed by atoms with Crippen LogP contribution in [0.1, 0.15) is 54.4 Å². The minimum atomic E-state index is 0.435. The molecule has 0 amide bonds. The summed E-state index contributed by atoms with van der Waals surface area (Å²) in [5.74, 6) is 2.76. The molecule has 5 heteroatoms. The van der Waals surface area contributed by atoms with E-state index in [1.165, 1.54) is 49.2 Å². The smallest absolute Gasteiger partial charge is 0.128 e. The Morgan fingerprint density at radius 3 is 2.86 bits per heavy atom. The van der Waals surface area contributed by atoms with Crippen molar-refractivity contribution in [1.82, 2.24) is 19.5 Å². The Bertz CT molecular complexity index is 933. The van der Waals surface area contributed by atoms with Crippen molar-refractivity contribution in [2.24, 2.45) is 0 Å². The van der Waals surface area contributed by atoms with Crippen molar-refractivity contribution in [2.75, 3.05) is 18.0 Å². The van der Waals surface area contributed by atoms with E-state index >= 15 is 0 Å². The van der Waals surface area contributed by atoms with Gasteiger partial charge in [-0.2, -0.15) is 0 Å². The van der Waals surface area contributed by atoms with Crippen molar-refractivity contribution in [2.45, 2.75) is 51.0 Å². The van der Waals surface area contributed by atoms with Crippen molar-refractivity contribution in [1.29, 1.82) is 0 Å². The average molecular weight is 374 g/mol. The van der Waals surface area contributed by atoms with Crippen LogP contribution in [0.2, 0.25) is 0 Å². The number of imidazole rings is 1. The average Bonchev–Trinajstić information content (AvgIpc) is 3.22. The molecule has 0 spiro atoms. The van der Waals surface area contributed by atoms with Gasteiger partial charge in [0, 0.05) is 43.3 Å². The van der Waals surface area contributed by atoms with Gasteiger partial charge in [0.1, 0.15) is 11.6 Å². The lowest BCUT2D eigenvalue weighted by Gasteiger charge is -2.34. The maximum Gasteiger partial charge on any atom is 0.128 e. The monoisotopic (exact) mass is 373 g/mol. The number of piperidine rings is 1. The molecule has 1 fully saturated rings. The van der Waals surface area contributed by atoms with Gasteiger partial charge in [-0.1, -0.05) is 12.1 Å². The summed E-state index contributed by atoms with van der Waals surface area (Å²) in [5, 5.41) is 0. The Hall–Kier alpha value is -2.69. The van der Waals surface area contributed by atoms with Gasteiger partial charge in [-0.15, -0.1) is 0 Å². The Kier molecular flexibility index (Phi) is 4.81. The zero-order valence-corrected chi connectivity index (χ0v) is 16.3. The largest absolute Gasteiger partial charge is 0.356 e. The molecule has 1 aliphatic heterocycles. The first-order valence-corrected chi connectivity index (χ1v) is 10.5. The number of aromatic nitrogens is 4. The molecular formula is C23H27N5. The SMILES string of the molecule is c1ccc(Cn2ccnc2[C@@H]2CCCN(c3ccc4c(n3)CCCC4)C2)nc1. The normalized spacial score (nSPS) is 19.4. The van der Waals surface area contributed by atoms with Crippen molar-refractivity contribution in [3.05, 3.63) is 71.7 Å². The zero-order valence-electron chi connectivity index (χ0n) is 16.3. The lowest BCUT2D eigenvalue weighted by molar-refractivity contribution is 0.473. The fourth-order valence-electron chi connectivity index (χ4n) is 4.62. The quantitative estimate of drug-likeness (QED) is 0.694. The zero-order chi connectivity index (χ0) is 18.8. The van der Waals surface area contributed by atoms with Crippen molar-refractivity contribution in [3.8, 4) is 0 Å². The van der Waals surface area contributed by atoms with Crippen LogP contribution in [0.4, 0.5) is 5.82 Å². The van der Waals surface area contributed by atoms with Crippen LogP contribution in [0.25, 0.3) is 0 Å². The maximum absolute atomic E-state index is 5.03. The van der Waals surface area contributed by atoms with E-state index in [0.717, 1.165) is 37.6 Å². The minimum Gasteiger partial charge on any atom is -0.356 e. The molecule has 144 valence electrons. The molecule has 2 aliphatic rings. The lowest BCUT2D eigenvalue weighted by Crippen LogP contribution is -2.36. The van der Waals surface area contributed by atoms with Crippen LogP contribution in [-0.2, 0) is 19.4 Å². The van der Waals surface area contributed by atoms with Crippen LogP contribution < -0.4 is 4.90 Å². The molecule has 5 nitrogen and oxygen atoms in total. The standard InChI is InChI=1S/C23H27N5/c1-2-9-21-18(6-1)10-11-22(26-21)27-14-5-7-19(16-27)23-25-13-15-28(23)17-20-8-3-4-12-24-20/h3-4,8,10-13,15,19H,1-2,5-7,9,14,16-17H2/t19-/m1/s1. The Balaban J connectivity index is 1.35. The van der Waals surface area contributed by atoms with Gasteiger partial charge < -0.3 is 9.47 Å².